The van der Waals surface area contributed by atoms with E-state index < -0.39 is 11.5 Å². The molecule has 0 aliphatic carbocycles. The number of aliphatic hydroxyl groups is 1. The molecule has 1 unspecified atom stereocenters. The molecule has 0 bridgehead atoms. The van der Waals surface area contributed by atoms with Crippen molar-refractivity contribution in [2.45, 2.75) is 19.4 Å². The zero-order chi connectivity index (χ0) is 14.6. The molecule has 1 N–H and O–H groups in total. The number of hydrogen-bond acceptors (Lipinski definition) is 2. The highest BCUT2D eigenvalue weighted by atomic mass is 16.3. The molecule has 19 heavy (non-hydrogen) atoms. The van der Waals surface area contributed by atoms with Crippen LogP contribution < -0.4 is 0 Å². The van der Waals surface area contributed by atoms with E-state index in [0.29, 0.717) is 0 Å². The number of benzene rings is 1. The largest absolute Gasteiger partial charge is 0.384 e. The van der Waals surface area contributed by atoms with Crippen molar-refractivity contribution in [2.24, 2.45) is 11.8 Å². The highest BCUT2D eigenvalue weighted by Crippen LogP contribution is 2.38. The third kappa shape index (κ3) is 2.87. The lowest BCUT2D eigenvalue weighted by Gasteiger charge is -2.38. The molecule has 0 aliphatic heterocycles. The predicted molar refractivity (Wildman–Crippen MR) is 77.6 cm³/mol. The molecule has 3 nitrogen and oxygen atoms in total. The first kappa shape index (κ1) is 15.4. The number of nitrogens with zero attached hydrogens (tertiary/aromatic N) is 1. The lowest BCUT2D eigenvalue weighted by molar-refractivity contribution is -0.146. The Bertz CT molecular complexity index is 441. The third-order valence-corrected chi connectivity index (χ3v) is 3.76. The van der Waals surface area contributed by atoms with Crippen molar-refractivity contribution in [2.75, 3.05) is 14.1 Å². The van der Waals surface area contributed by atoms with Gasteiger partial charge in [0, 0.05) is 20.0 Å². The zero-order valence-corrected chi connectivity index (χ0v) is 12.1. The molecule has 1 rings (SSSR count). The van der Waals surface area contributed by atoms with E-state index in [1.165, 1.54) is 4.90 Å². The fourth-order valence-corrected chi connectivity index (χ4v) is 2.37. The summed E-state index contributed by atoms with van der Waals surface area (Å²) in [6, 6.07) is 9.31. The Balaban J connectivity index is 3.29. The normalized spacial score (nSPS) is 17.1. The van der Waals surface area contributed by atoms with Crippen LogP contribution in [0.15, 0.2) is 43.0 Å². The Morgan fingerprint density at radius 1 is 1.32 bits per heavy atom. The van der Waals surface area contributed by atoms with E-state index in [0.717, 1.165) is 5.56 Å². The highest BCUT2D eigenvalue weighted by Gasteiger charge is 2.43. The van der Waals surface area contributed by atoms with Crippen LogP contribution in [0.5, 0.6) is 0 Å². The molecule has 0 heterocycles. The number of rotatable bonds is 5. The van der Waals surface area contributed by atoms with Crippen molar-refractivity contribution in [1.82, 2.24) is 4.90 Å². The van der Waals surface area contributed by atoms with Gasteiger partial charge in [0.05, 0.1) is 5.92 Å². The first-order chi connectivity index (χ1) is 8.85. The molecule has 3 heteroatoms. The van der Waals surface area contributed by atoms with Gasteiger partial charge in [0.2, 0.25) is 5.91 Å². The average molecular weight is 261 g/mol. The molecule has 1 aromatic rings. The number of carbonyl (C=O) groups excluding carboxylic acids is 1. The molecule has 0 aromatic heterocycles. The molecule has 0 saturated heterocycles. The smallest absolute Gasteiger partial charge is 0.228 e. The van der Waals surface area contributed by atoms with Crippen LogP contribution in [0, 0.1) is 11.8 Å². The van der Waals surface area contributed by atoms with Gasteiger partial charge < -0.3 is 10.0 Å². The lowest BCUT2D eigenvalue weighted by atomic mass is 9.73. The van der Waals surface area contributed by atoms with Crippen molar-refractivity contribution >= 4 is 5.91 Å². The van der Waals surface area contributed by atoms with E-state index in [4.69, 9.17) is 0 Å². The van der Waals surface area contributed by atoms with Crippen LogP contribution in [0.25, 0.3) is 0 Å². The summed E-state index contributed by atoms with van der Waals surface area (Å²) < 4.78 is 0. The molecule has 1 aromatic carbocycles. The van der Waals surface area contributed by atoms with Gasteiger partial charge in [-0.25, -0.2) is 0 Å². The van der Waals surface area contributed by atoms with Gasteiger partial charge in [0.15, 0.2) is 0 Å². The van der Waals surface area contributed by atoms with Gasteiger partial charge in [-0.3, -0.25) is 4.79 Å². The van der Waals surface area contributed by atoms with Crippen molar-refractivity contribution in [3.8, 4) is 0 Å². The zero-order valence-electron chi connectivity index (χ0n) is 12.1. The van der Waals surface area contributed by atoms with Gasteiger partial charge >= 0.3 is 0 Å². The topological polar surface area (TPSA) is 40.5 Å². The molecule has 104 valence electrons. The first-order valence-corrected chi connectivity index (χ1v) is 6.47. The Morgan fingerprint density at radius 2 is 1.84 bits per heavy atom. The predicted octanol–water partition coefficient (Wildman–Crippen LogP) is 2.42. The Labute approximate surface area is 115 Å². The van der Waals surface area contributed by atoms with Crippen LogP contribution in [0.1, 0.15) is 19.4 Å². The molecule has 1 amide bonds. The average Bonchev–Trinajstić information content (AvgIpc) is 2.44. The van der Waals surface area contributed by atoms with Gasteiger partial charge in [-0.1, -0.05) is 50.3 Å². The van der Waals surface area contributed by atoms with E-state index >= 15 is 0 Å². The SMILES string of the molecule is C=CC(C)[C@@](O)(c1ccccc1)[C@H](C)C(=O)N(C)C. The van der Waals surface area contributed by atoms with Gasteiger partial charge in [-0.15, -0.1) is 6.58 Å². The maximum absolute atomic E-state index is 12.2. The number of hydrogen-bond donors (Lipinski definition) is 1. The van der Waals surface area contributed by atoms with Crippen molar-refractivity contribution < 1.29 is 9.90 Å². The summed E-state index contributed by atoms with van der Waals surface area (Å²) in [6.07, 6.45) is 1.69. The molecule has 0 aliphatic rings. The van der Waals surface area contributed by atoms with Crippen LogP contribution in [-0.2, 0) is 10.4 Å². The van der Waals surface area contributed by atoms with Crippen LogP contribution in [-0.4, -0.2) is 30.0 Å². The molecule has 0 fully saturated rings. The minimum Gasteiger partial charge on any atom is -0.384 e. The Morgan fingerprint density at radius 3 is 2.26 bits per heavy atom. The number of amides is 1. The van der Waals surface area contributed by atoms with E-state index in [1.807, 2.05) is 37.3 Å². The maximum Gasteiger partial charge on any atom is 0.228 e. The summed E-state index contributed by atoms with van der Waals surface area (Å²) >= 11 is 0. The quantitative estimate of drug-likeness (QED) is 0.827. The lowest BCUT2D eigenvalue weighted by Crippen LogP contribution is -2.46. The summed E-state index contributed by atoms with van der Waals surface area (Å²) in [4.78, 5) is 13.7. The van der Waals surface area contributed by atoms with Crippen molar-refractivity contribution in [3.63, 3.8) is 0 Å². The van der Waals surface area contributed by atoms with Gasteiger partial charge in [0.25, 0.3) is 0 Å². The van der Waals surface area contributed by atoms with Crippen molar-refractivity contribution in [3.05, 3.63) is 48.6 Å². The van der Waals surface area contributed by atoms with Crippen molar-refractivity contribution in [1.29, 1.82) is 0 Å². The molecule has 0 saturated carbocycles. The monoisotopic (exact) mass is 261 g/mol. The van der Waals surface area contributed by atoms with Crippen LogP contribution in [0.3, 0.4) is 0 Å². The summed E-state index contributed by atoms with van der Waals surface area (Å²) in [5.74, 6) is -0.869. The highest BCUT2D eigenvalue weighted by molar-refractivity contribution is 5.79. The van der Waals surface area contributed by atoms with Gasteiger partial charge in [0.1, 0.15) is 5.60 Å². The summed E-state index contributed by atoms with van der Waals surface area (Å²) in [5.41, 5.74) is -0.505. The Kier molecular flexibility index (Phi) is 4.90. The summed E-state index contributed by atoms with van der Waals surface area (Å²) in [5, 5.41) is 11.1. The fraction of sp³-hybridized carbons (Fsp3) is 0.438. The Hall–Kier alpha value is -1.61. The second-order valence-corrected chi connectivity index (χ2v) is 5.17. The van der Waals surface area contributed by atoms with E-state index in [2.05, 4.69) is 6.58 Å². The van der Waals surface area contributed by atoms with E-state index in [9.17, 15) is 9.90 Å². The van der Waals surface area contributed by atoms with Gasteiger partial charge in [-0.2, -0.15) is 0 Å². The van der Waals surface area contributed by atoms with Crippen LogP contribution in [0.4, 0.5) is 0 Å². The summed E-state index contributed by atoms with van der Waals surface area (Å²) in [6.45, 7) is 7.39. The summed E-state index contributed by atoms with van der Waals surface area (Å²) in [7, 11) is 3.39. The molecule has 0 spiro atoms. The standard InChI is InChI=1S/C16H23NO2/c1-6-12(2)16(19,13(3)15(18)17(4)5)14-10-8-7-9-11-14/h6-13,19H,1H2,2-5H3/t12?,13-,16+/m1/s1. The van der Waals surface area contributed by atoms with E-state index in [-0.39, 0.29) is 11.8 Å². The van der Waals surface area contributed by atoms with Crippen LogP contribution in [0.2, 0.25) is 0 Å². The number of carbonyl (C=O) groups is 1. The fourth-order valence-electron chi connectivity index (χ4n) is 2.37. The van der Waals surface area contributed by atoms with Crippen LogP contribution >= 0.6 is 0 Å². The van der Waals surface area contributed by atoms with Gasteiger partial charge in [-0.05, 0) is 5.56 Å². The van der Waals surface area contributed by atoms with E-state index in [1.54, 1.807) is 27.1 Å². The molecular formula is C16H23NO2. The minimum absolute atomic E-state index is 0.0972. The second-order valence-electron chi connectivity index (χ2n) is 5.17. The minimum atomic E-state index is -1.25. The molecular weight excluding hydrogens is 238 g/mol. The molecule has 0 radical (unpaired) electrons. The first-order valence-electron chi connectivity index (χ1n) is 6.47. The maximum atomic E-state index is 12.2. The second kappa shape index (κ2) is 6.02. The third-order valence-electron chi connectivity index (χ3n) is 3.76. The molecule has 3 atom stereocenters.